The van der Waals surface area contributed by atoms with Crippen molar-refractivity contribution in [3.05, 3.63) is 141 Å². The summed E-state index contributed by atoms with van der Waals surface area (Å²) in [6.07, 6.45) is 0. The number of carbonyl (C=O) groups excluding carboxylic acids is 1. The summed E-state index contributed by atoms with van der Waals surface area (Å²) in [5.41, 5.74) is 4.19. The molecule has 0 N–H and O–H groups in total. The molecule has 36 heavy (non-hydrogen) atoms. The summed E-state index contributed by atoms with van der Waals surface area (Å²) in [5, 5.41) is 0.461. The van der Waals surface area contributed by atoms with E-state index in [1.54, 1.807) is 29.2 Å². The fourth-order valence-corrected chi connectivity index (χ4v) is 4.77. The Hall–Kier alpha value is -4.64. The first kappa shape index (κ1) is 21.9. The molecule has 0 bridgehead atoms. The molecule has 1 aliphatic rings. The van der Waals surface area contributed by atoms with Crippen LogP contribution in [0.2, 0.25) is 0 Å². The van der Waals surface area contributed by atoms with Crippen LogP contribution in [0.25, 0.3) is 11.0 Å². The molecule has 0 fully saturated rings. The number of amides is 1. The van der Waals surface area contributed by atoms with Gasteiger partial charge in [0.15, 0.2) is 5.43 Å². The highest BCUT2D eigenvalue weighted by molar-refractivity contribution is 6.10. The zero-order valence-electron chi connectivity index (χ0n) is 19.7. The Morgan fingerprint density at radius 2 is 1.58 bits per heavy atom. The maximum Gasteiger partial charge on any atom is 0.295 e. The first-order valence-corrected chi connectivity index (χ1v) is 11.8. The van der Waals surface area contributed by atoms with Crippen LogP contribution in [0.1, 0.15) is 38.9 Å². The molecular weight excluding hydrogens is 450 g/mol. The van der Waals surface area contributed by atoms with Gasteiger partial charge in [-0.1, -0.05) is 66.7 Å². The molecule has 1 atom stereocenters. The number of hydrogen-bond donors (Lipinski definition) is 0. The van der Waals surface area contributed by atoms with Crippen molar-refractivity contribution in [3.8, 4) is 5.75 Å². The molecule has 6 rings (SSSR count). The number of fused-ring (bicyclic) bond motifs is 2. The molecule has 1 amide bonds. The molecule has 0 spiro atoms. The molecule has 1 aliphatic heterocycles. The number of rotatable bonds is 5. The summed E-state index contributed by atoms with van der Waals surface area (Å²) in [6.45, 7) is 2.43. The van der Waals surface area contributed by atoms with Gasteiger partial charge in [-0.2, -0.15) is 0 Å². The monoisotopic (exact) mass is 473 g/mol. The molecule has 0 aliphatic carbocycles. The topological polar surface area (TPSA) is 59.8 Å². The fraction of sp³-hybridized carbons (Fsp3) is 0.0968. The van der Waals surface area contributed by atoms with Crippen molar-refractivity contribution < 1.29 is 13.9 Å². The lowest BCUT2D eigenvalue weighted by atomic mass is 9.98. The fourth-order valence-electron chi connectivity index (χ4n) is 4.77. The first-order chi connectivity index (χ1) is 17.6. The SMILES string of the molecule is Cc1cccc(N2C(=O)c3oc4ccccc4c(=O)c3C2c2ccc(OCc3ccccc3)cc2)c1. The van der Waals surface area contributed by atoms with Gasteiger partial charge in [-0.3, -0.25) is 14.5 Å². The molecule has 0 saturated heterocycles. The highest BCUT2D eigenvalue weighted by Crippen LogP contribution is 2.41. The van der Waals surface area contributed by atoms with E-state index in [0.29, 0.717) is 34.6 Å². The average Bonchev–Trinajstić information content (AvgIpc) is 3.21. The van der Waals surface area contributed by atoms with Gasteiger partial charge in [0.2, 0.25) is 5.76 Å². The first-order valence-electron chi connectivity index (χ1n) is 11.8. The lowest BCUT2D eigenvalue weighted by Gasteiger charge is -2.25. The summed E-state index contributed by atoms with van der Waals surface area (Å²) in [4.78, 5) is 29.0. The summed E-state index contributed by atoms with van der Waals surface area (Å²) in [7, 11) is 0. The quantitative estimate of drug-likeness (QED) is 0.295. The van der Waals surface area contributed by atoms with Crippen LogP contribution in [0.4, 0.5) is 5.69 Å². The Bertz CT molecular complexity index is 1640. The number of nitrogens with zero attached hydrogens (tertiary/aromatic N) is 1. The second-order valence-electron chi connectivity index (χ2n) is 8.93. The van der Waals surface area contributed by atoms with E-state index in [0.717, 1.165) is 16.7 Å². The number of carbonyl (C=O) groups is 1. The predicted octanol–water partition coefficient (Wildman–Crippen LogP) is 6.43. The summed E-state index contributed by atoms with van der Waals surface area (Å²) in [6, 6.07) is 31.6. The van der Waals surface area contributed by atoms with Crippen molar-refractivity contribution in [2.45, 2.75) is 19.6 Å². The second-order valence-corrected chi connectivity index (χ2v) is 8.93. The van der Waals surface area contributed by atoms with Crippen LogP contribution in [0, 0.1) is 6.92 Å². The minimum Gasteiger partial charge on any atom is -0.489 e. The van der Waals surface area contributed by atoms with Crippen LogP contribution in [0.5, 0.6) is 5.75 Å². The number of hydrogen-bond acceptors (Lipinski definition) is 4. The smallest absolute Gasteiger partial charge is 0.295 e. The maximum atomic E-state index is 13.7. The van der Waals surface area contributed by atoms with Gasteiger partial charge in [-0.05, 0) is 60.0 Å². The maximum absolute atomic E-state index is 13.7. The van der Waals surface area contributed by atoms with Gasteiger partial charge in [0, 0.05) is 5.69 Å². The van der Waals surface area contributed by atoms with E-state index in [4.69, 9.17) is 9.15 Å². The Morgan fingerprint density at radius 3 is 2.36 bits per heavy atom. The van der Waals surface area contributed by atoms with Crippen molar-refractivity contribution in [2.24, 2.45) is 0 Å². The van der Waals surface area contributed by atoms with Gasteiger partial charge < -0.3 is 9.15 Å². The molecule has 176 valence electrons. The van der Waals surface area contributed by atoms with Gasteiger partial charge in [-0.15, -0.1) is 0 Å². The normalized spacial score (nSPS) is 14.8. The van der Waals surface area contributed by atoms with Gasteiger partial charge in [0.25, 0.3) is 5.91 Å². The van der Waals surface area contributed by atoms with Crippen molar-refractivity contribution in [3.63, 3.8) is 0 Å². The highest BCUT2D eigenvalue weighted by Gasteiger charge is 2.43. The molecule has 2 heterocycles. The number of ether oxygens (including phenoxy) is 1. The van der Waals surface area contributed by atoms with Crippen LogP contribution < -0.4 is 15.1 Å². The van der Waals surface area contributed by atoms with E-state index in [-0.39, 0.29) is 17.1 Å². The third kappa shape index (κ3) is 3.75. The molecule has 1 aromatic heterocycles. The summed E-state index contributed by atoms with van der Waals surface area (Å²) in [5.74, 6) is 0.474. The summed E-state index contributed by atoms with van der Waals surface area (Å²) >= 11 is 0. The minimum atomic E-state index is -0.613. The lowest BCUT2D eigenvalue weighted by molar-refractivity contribution is 0.0971. The largest absolute Gasteiger partial charge is 0.489 e. The minimum absolute atomic E-state index is 0.0922. The molecule has 1 unspecified atom stereocenters. The van der Waals surface area contributed by atoms with Gasteiger partial charge >= 0.3 is 0 Å². The van der Waals surface area contributed by atoms with Crippen LogP contribution >= 0.6 is 0 Å². The third-order valence-electron chi connectivity index (χ3n) is 6.50. The van der Waals surface area contributed by atoms with E-state index in [1.807, 2.05) is 85.8 Å². The van der Waals surface area contributed by atoms with Crippen molar-refractivity contribution >= 4 is 22.6 Å². The third-order valence-corrected chi connectivity index (χ3v) is 6.50. The van der Waals surface area contributed by atoms with Crippen molar-refractivity contribution in [2.75, 3.05) is 4.90 Å². The van der Waals surface area contributed by atoms with E-state index in [2.05, 4.69) is 0 Å². The van der Waals surface area contributed by atoms with Crippen molar-refractivity contribution in [1.29, 1.82) is 0 Å². The lowest BCUT2D eigenvalue weighted by Crippen LogP contribution is -2.29. The Labute approximate surface area is 208 Å². The average molecular weight is 474 g/mol. The van der Waals surface area contributed by atoms with Gasteiger partial charge in [0.1, 0.15) is 17.9 Å². The standard InChI is InChI=1S/C31H23NO4/c1-20-8-7-11-23(18-20)32-28(22-14-16-24(17-15-22)35-19-21-9-3-2-4-10-21)27-29(33)25-12-5-6-13-26(25)36-30(27)31(32)34/h2-18,28H,19H2,1H3. The van der Waals surface area contributed by atoms with Crippen LogP contribution in [0.3, 0.4) is 0 Å². The van der Waals surface area contributed by atoms with E-state index >= 15 is 0 Å². The zero-order chi connectivity index (χ0) is 24.6. The van der Waals surface area contributed by atoms with E-state index < -0.39 is 6.04 Å². The molecule has 4 aromatic carbocycles. The number of para-hydroxylation sites is 1. The van der Waals surface area contributed by atoms with E-state index in [9.17, 15) is 9.59 Å². The van der Waals surface area contributed by atoms with Crippen LogP contribution in [-0.4, -0.2) is 5.91 Å². The predicted molar refractivity (Wildman–Crippen MR) is 140 cm³/mol. The molecule has 5 aromatic rings. The molecule has 0 radical (unpaired) electrons. The van der Waals surface area contributed by atoms with Gasteiger partial charge in [-0.25, -0.2) is 0 Å². The van der Waals surface area contributed by atoms with Gasteiger partial charge in [0.05, 0.1) is 17.0 Å². The van der Waals surface area contributed by atoms with Crippen LogP contribution in [0.15, 0.2) is 112 Å². The van der Waals surface area contributed by atoms with Crippen molar-refractivity contribution in [1.82, 2.24) is 0 Å². The number of aryl methyl sites for hydroxylation is 1. The summed E-state index contributed by atoms with van der Waals surface area (Å²) < 4.78 is 12.0. The Balaban J connectivity index is 1.44. The highest BCUT2D eigenvalue weighted by atomic mass is 16.5. The zero-order valence-corrected chi connectivity index (χ0v) is 19.7. The Morgan fingerprint density at radius 1 is 0.833 bits per heavy atom. The number of anilines is 1. The molecular formula is C31H23NO4. The van der Waals surface area contributed by atoms with Crippen LogP contribution in [-0.2, 0) is 6.61 Å². The second kappa shape index (κ2) is 8.86. The van der Waals surface area contributed by atoms with E-state index in [1.165, 1.54) is 0 Å². The Kier molecular flexibility index (Phi) is 5.38. The molecule has 0 saturated carbocycles. The molecule has 5 nitrogen and oxygen atoms in total. The molecule has 5 heteroatoms. The number of benzene rings is 4.